The van der Waals surface area contributed by atoms with Crippen LogP contribution in [0.5, 0.6) is 5.75 Å². The van der Waals surface area contributed by atoms with Crippen LogP contribution in [0.3, 0.4) is 0 Å². The third-order valence-electron chi connectivity index (χ3n) is 3.43. The summed E-state index contributed by atoms with van der Waals surface area (Å²) in [4.78, 5) is 0. The quantitative estimate of drug-likeness (QED) is 0.836. The predicted molar refractivity (Wildman–Crippen MR) is 62.1 cm³/mol. The molecule has 1 saturated carbocycles. The molecule has 1 fully saturated rings. The molecule has 3 heteroatoms. The van der Waals surface area contributed by atoms with Crippen LogP contribution in [0, 0.1) is 5.82 Å². The van der Waals surface area contributed by atoms with Crippen molar-refractivity contribution in [2.24, 2.45) is 5.73 Å². The van der Waals surface area contributed by atoms with Crippen molar-refractivity contribution in [3.63, 3.8) is 0 Å². The number of hydrogen-bond donors (Lipinski definition) is 1. The fraction of sp³-hybridized carbons (Fsp3) is 0.538. The number of rotatable bonds is 2. The Morgan fingerprint density at radius 1 is 1.31 bits per heavy atom. The maximum atomic E-state index is 13.9. The normalized spacial score (nSPS) is 25.4. The smallest absolute Gasteiger partial charge is 0.130 e. The van der Waals surface area contributed by atoms with Crippen LogP contribution in [0.25, 0.3) is 0 Å². The monoisotopic (exact) mass is 223 g/mol. The van der Waals surface area contributed by atoms with Crippen molar-refractivity contribution in [1.82, 2.24) is 0 Å². The van der Waals surface area contributed by atoms with E-state index in [2.05, 4.69) is 0 Å². The average molecular weight is 223 g/mol. The number of halogens is 1. The van der Waals surface area contributed by atoms with E-state index in [1.807, 2.05) is 6.07 Å². The third kappa shape index (κ3) is 2.19. The Morgan fingerprint density at radius 3 is 2.69 bits per heavy atom. The molecule has 2 nitrogen and oxygen atoms in total. The highest BCUT2D eigenvalue weighted by Gasteiger charge is 2.25. The number of ether oxygens (including phenoxy) is 1. The summed E-state index contributed by atoms with van der Waals surface area (Å²) in [5.74, 6) is 0.534. The summed E-state index contributed by atoms with van der Waals surface area (Å²) >= 11 is 0. The molecule has 0 aromatic heterocycles. The van der Waals surface area contributed by atoms with Crippen LogP contribution in [-0.2, 0) is 0 Å². The molecule has 0 radical (unpaired) electrons. The third-order valence-corrected chi connectivity index (χ3v) is 3.43. The highest BCUT2D eigenvalue weighted by atomic mass is 19.1. The van der Waals surface area contributed by atoms with Gasteiger partial charge in [0.2, 0.25) is 0 Å². The van der Waals surface area contributed by atoms with Gasteiger partial charge < -0.3 is 10.5 Å². The molecule has 0 spiro atoms. The Hall–Kier alpha value is -1.09. The zero-order valence-electron chi connectivity index (χ0n) is 9.58. The van der Waals surface area contributed by atoms with Gasteiger partial charge in [0.25, 0.3) is 0 Å². The minimum Gasteiger partial charge on any atom is -0.497 e. The highest BCUT2D eigenvalue weighted by molar-refractivity contribution is 5.32. The number of nitrogens with two attached hydrogens (primary N) is 1. The largest absolute Gasteiger partial charge is 0.497 e. The second-order valence-corrected chi connectivity index (χ2v) is 4.44. The minimum atomic E-state index is -0.193. The van der Waals surface area contributed by atoms with E-state index in [0.29, 0.717) is 5.75 Å². The van der Waals surface area contributed by atoms with Crippen LogP contribution in [0.2, 0.25) is 0 Å². The summed E-state index contributed by atoms with van der Waals surface area (Å²) in [6, 6.07) is 5.15. The van der Waals surface area contributed by atoms with E-state index in [1.54, 1.807) is 13.2 Å². The summed E-state index contributed by atoms with van der Waals surface area (Å²) in [5.41, 5.74) is 6.80. The lowest BCUT2D eigenvalue weighted by atomic mass is 9.80. The molecular formula is C13H18FNO. The van der Waals surface area contributed by atoms with E-state index in [0.717, 1.165) is 31.2 Å². The second-order valence-electron chi connectivity index (χ2n) is 4.44. The van der Waals surface area contributed by atoms with E-state index in [1.165, 1.54) is 6.07 Å². The maximum absolute atomic E-state index is 13.9. The maximum Gasteiger partial charge on any atom is 0.130 e. The van der Waals surface area contributed by atoms with Gasteiger partial charge in [0.15, 0.2) is 0 Å². The average Bonchev–Trinajstić information content (AvgIpc) is 2.30. The van der Waals surface area contributed by atoms with Gasteiger partial charge in [-0.05, 0) is 24.5 Å². The van der Waals surface area contributed by atoms with Gasteiger partial charge in [0, 0.05) is 18.0 Å². The second kappa shape index (κ2) is 4.83. The molecule has 1 aliphatic rings. The van der Waals surface area contributed by atoms with Crippen LogP contribution >= 0.6 is 0 Å². The molecule has 1 aliphatic carbocycles. The SMILES string of the molecule is COc1ccc(C2CCCCC2N)c(F)c1. The molecule has 0 aliphatic heterocycles. The Morgan fingerprint density at radius 2 is 2.06 bits per heavy atom. The first-order valence-corrected chi connectivity index (χ1v) is 5.81. The molecule has 2 rings (SSSR count). The molecule has 16 heavy (non-hydrogen) atoms. The summed E-state index contributed by atoms with van der Waals surface area (Å²) < 4.78 is 18.9. The van der Waals surface area contributed by atoms with Crippen LogP contribution in [0.15, 0.2) is 18.2 Å². The Balaban J connectivity index is 2.25. The molecule has 0 amide bonds. The van der Waals surface area contributed by atoms with Crippen LogP contribution < -0.4 is 10.5 Å². The molecule has 2 unspecified atom stereocenters. The zero-order valence-corrected chi connectivity index (χ0v) is 9.58. The number of methoxy groups -OCH3 is 1. The Labute approximate surface area is 95.6 Å². The number of benzene rings is 1. The first kappa shape index (κ1) is 11.4. The molecule has 0 saturated heterocycles. The van der Waals surface area contributed by atoms with Gasteiger partial charge in [-0.25, -0.2) is 4.39 Å². The van der Waals surface area contributed by atoms with E-state index in [4.69, 9.17) is 10.5 Å². The fourth-order valence-corrected chi connectivity index (χ4v) is 2.48. The Bertz CT molecular complexity index is 367. The summed E-state index contributed by atoms with van der Waals surface area (Å²) in [6.45, 7) is 0. The standard InChI is InChI=1S/C13H18FNO/c1-16-9-6-7-10(12(14)8-9)11-4-2-3-5-13(11)15/h6-8,11,13H,2-5,15H2,1H3. The van der Waals surface area contributed by atoms with Crippen LogP contribution in [-0.4, -0.2) is 13.2 Å². The molecule has 1 aromatic carbocycles. The topological polar surface area (TPSA) is 35.2 Å². The van der Waals surface area contributed by atoms with Gasteiger partial charge in [-0.1, -0.05) is 18.9 Å². The number of hydrogen-bond acceptors (Lipinski definition) is 2. The van der Waals surface area contributed by atoms with Gasteiger partial charge in [-0.3, -0.25) is 0 Å². The lowest BCUT2D eigenvalue weighted by Crippen LogP contribution is -2.31. The molecule has 1 aromatic rings. The van der Waals surface area contributed by atoms with Crippen molar-refractivity contribution >= 4 is 0 Å². The molecule has 88 valence electrons. The fourth-order valence-electron chi connectivity index (χ4n) is 2.48. The van der Waals surface area contributed by atoms with E-state index < -0.39 is 0 Å². The molecule has 0 bridgehead atoms. The van der Waals surface area contributed by atoms with E-state index in [-0.39, 0.29) is 17.8 Å². The van der Waals surface area contributed by atoms with Gasteiger partial charge in [0.05, 0.1) is 7.11 Å². The zero-order chi connectivity index (χ0) is 11.5. The van der Waals surface area contributed by atoms with Crippen molar-refractivity contribution in [3.05, 3.63) is 29.6 Å². The van der Waals surface area contributed by atoms with Crippen LogP contribution in [0.1, 0.15) is 37.2 Å². The first-order chi connectivity index (χ1) is 7.72. The summed E-state index contributed by atoms with van der Waals surface area (Å²) in [5, 5.41) is 0. The lowest BCUT2D eigenvalue weighted by molar-refractivity contribution is 0.372. The van der Waals surface area contributed by atoms with Crippen molar-refractivity contribution < 1.29 is 9.13 Å². The molecule has 2 N–H and O–H groups in total. The van der Waals surface area contributed by atoms with Crippen LogP contribution in [0.4, 0.5) is 4.39 Å². The van der Waals surface area contributed by atoms with Crippen molar-refractivity contribution in [3.8, 4) is 5.75 Å². The van der Waals surface area contributed by atoms with Crippen molar-refractivity contribution in [1.29, 1.82) is 0 Å². The molecule has 0 heterocycles. The van der Waals surface area contributed by atoms with E-state index in [9.17, 15) is 4.39 Å². The summed E-state index contributed by atoms with van der Waals surface area (Å²) in [7, 11) is 1.54. The lowest BCUT2D eigenvalue weighted by Gasteiger charge is -2.29. The van der Waals surface area contributed by atoms with Crippen molar-refractivity contribution in [2.45, 2.75) is 37.6 Å². The highest BCUT2D eigenvalue weighted by Crippen LogP contribution is 2.34. The van der Waals surface area contributed by atoms with Gasteiger partial charge in [0.1, 0.15) is 11.6 Å². The molecule has 2 atom stereocenters. The van der Waals surface area contributed by atoms with Crippen molar-refractivity contribution in [2.75, 3.05) is 7.11 Å². The molecular weight excluding hydrogens is 205 g/mol. The van der Waals surface area contributed by atoms with Gasteiger partial charge >= 0.3 is 0 Å². The Kier molecular flexibility index (Phi) is 3.44. The van der Waals surface area contributed by atoms with Gasteiger partial charge in [-0.2, -0.15) is 0 Å². The van der Waals surface area contributed by atoms with Gasteiger partial charge in [-0.15, -0.1) is 0 Å². The first-order valence-electron chi connectivity index (χ1n) is 5.81. The predicted octanol–water partition coefficient (Wildman–Crippen LogP) is 2.82. The minimum absolute atomic E-state index is 0.0941. The van der Waals surface area contributed by atoms with E-state index >= 15 is 0 Å². The summed E-state index contributed by atoms with van der Waals surface area (Å²) in [6.07, 6.45) is 4.29.